The average Bonchev–Trinajstić information content (AvgIpc) is 3.38. The van der Waals surface area contributed by atoms with Gasteiger partial charge in [-0.25, -0.2) is 9.97 Å². The third kappa shape index (κ3) is 4.51. The zero-order valence-electron chi connectivity index (χ0n) is 17.3. The van der Waals surface area contributed by atoms with Crippen LogP contribution in [0.25, 0.3) is 22.5 Å². The Bertz CT molecular complexity index is 1130. The summed E-state index contributed by atoms with van der Waals surface area (Å²) >= 11 is 0. The summed E-state index contributed by atoms with van der Waals surface area (Å²) < 4.78 is 7.84. The van der Waals surface area contributed by atoms with Gasteiger partial charge >= 0.3 is 0 Å². The molecule has 0 radical (unpaired) electrons. The molecule has 0 amide bonds. The normalized spacial score (nSPS) is 11.7. The van der Waals surface area contributed by atoms with Gasteiger partial charge in [0.25, 0.3) is 0 Å². The fourth-order valence-corrected chi connectivity index (χ4v) is 3.42. The summed E-state index contributed by atoms with van der Waals surface area (Å²) in [7, 11) is 1.76. The first-order chi connectivity index (χ1) is 14.7. The van der Waals surface area contributed by atoms with Crippen molar-refractivity contribution in [2.24, 2.45) is 4.99 Å². The molecule has 2 heterocycles. The van der Waals surface area contributed by atoms with E-state index in [0.29, 0.717) is 12.4 Å². The van der Waals surface area contributed by atoms with E-state index < -0.39 is 0 Å². The molecule has 0 spiro atoms. The van der Waals surface area contributed by atoms with Crippen LogP contribution < -0.4 is 10.6 Å². The molecule has 0 fully saturated rings. The number of nitrogens with one attached hydrogen (secondary N) is 2. The van der Waals surface area contributed by atoms with Gasteiger partial charge in [-0.05, 0) is 37.6 Å². The van der Waals surface area contributed by atoms with Gasteiger partial charge in [-0.2, -0.15) is 0 Å². The van der Waals surface area contributed by atoms with Crippen molar-refractivity contribution in [2.75, 3.05) is 13.6 Å². The lowest BCUT2D eigenvalue weighted by atomic mass is 10.2. The molecule has 0 atom stereocenters. The number of aryl methyl sites for hydroxylation is 2. The largest absolute Gasteiger partial charge is 0.444 e. The number of nitrogens with zero attached hydrogens (tertiary/aromatic N) is 4. The lowest BCUT2D eigenvalue weighted by Gasteiger charge is -2.12. The highest BCUT2D eigenvalue weighted by molar-refractivity contribution is 5.79. The second kappa shape index (κ2) is 9.26. The van der Waals surface area contributed by atoms with E-state index in [4.69, 9.17) is 4.42 Å². The Labute approximate surface area is 175 Å². The average molecular weight is 403 g/mol. The minimum Gasteiger partial charge on any atom is -0.444 e. The maximum Gasteiger partial charge on any atom is 0.226 e. The van der Waals surface area contributed by atoms with E-state index in [1.165, 1.54) is 5.52 Å². The first-order valence-corrected chi connectivity index (χ1v) is 10.1. The molecule has 30 heavy (non-hydrogen) atoms. The number of benzene rings is 2. The van der Waals surface area contributed by atoms with Gasteiger partial charge in [0, 0.05) is 25.7 Å². The van der Waals surface area contributed by atoms with Gasteiger partial charge in [0.05, 0.1) is 23.3 Å². The predicted molar refractivity (Wildman–Crippen MR) is 119 cm³/mol. The molecule has 0 aliphatic rings. The molecular formula is C23H26N6O. The molecule has 7 heteroatoms. The number of aromatic nitrogens is 3. The summed E-state index contributed by atoms with van der Waals surface area (Å²) in [6, 6.07) is 18.1. The highest BCUT2D eigenvalue weighted by atomic mass is 16.3. The van der Waals surface area contributed by atoms with Crippen molar-refractivity contribution in [3.63, 3.8) is 0 Å². The zero-order valence-corrected chi connectivity index (χ0v) is 17.3. The molecule has 154 valence electrons. The van der Waals surface area contributed by atoms with Gasteiger partial charge in [-0.3, -0.25) is 4.99 Å². The van der Waals surface area contributed by atoms with Gasteiger partial charge < -0.3 is 19.6 Å². The van der Waals surface area contributed by atoms with Crippen molar-refractivity contribution in [1.29, 1.82) is 0 Å². The number of rotatable bonds is 7. The standard InChI is InChI=1S/C23H26N6O/c1-17-27-20-11-6-7-12-21(20)29(17)14-8-13-25-23(24-2)26-15-19-16-30-22(28-19)18-9-4-3-5-10-18/h3-7,9-12,16H,8,13-15H2,1-2H3,(H2,24,25,26). The number of hydrogen-bond acceptors (Lipinski definition) is 4. The smallest absolute Gasteiger partial charge is 0.226 e. The SMILES string of the molecule is CN=C(NCCCn1c(C)nc2ccccc21)NCc1coc(-c2ccccc2)n1. The van der Waals surface area contributed by atoms with Gasteiger partial charge in [0.15, 0.2) is 5.96 Å². The minimum absolute atomic E-state index is 0.543. The maximum atomic E-state index is 5.58. The third-order valence-corrected chi connectivity index (χ3v) is 4.93. The van der Waals surface area contributed by atoms with E-state index in [0.717, 1.165) is 48.1 Å². The summed E-state index contributed by atoms with van der Waals surface area (Å²) in [4.78, 5) is 13.4. The van der Waals surface area contributed by atoms with Crippen molar-refractivity contribution in [3.8, 4) is 11.5 Å². The number of oxazole rings is 1. The van der Waals surface area contributed by atoms with Crippen LogP contribution in [0.1, 0.15) is 17.9 Å². The number of para-hydroxylation sites is 2. The second-order valence-corrected chi connectivity index (χ2v) is 7.02. The third-order valence-electron chi connectivity index (χ3n) is 4.93. The van der Waals surface area contributed by atoms with E-state index in [1.54, 1.807) is 13.3 Å². The van der Waals surface area contributed by atoms with Crippen molar-refractivity contribution in [1.82, 2.24) is 25.2 Å². The molecule has 7 nitrogen and oxygen atoms in total. The van der Waals surface area contributed by atoms with Gasteiger partial charge in [-0.15, -0.1) is 0 Å². The van der Waals surface area contributed by atoms with Crippen molar-refractivity contribution in [3.05, 3.63) is 72.4 Å². The van der Waals surface area contributed by atoms with Crippen LogP contribution in [0.4, 0.5) is 0 Å². The number of hydrogen-bond donors (Lipinski definition) is 2. The summed E-state index contributed by atoms with van der Waals surface area (Å²) in [5.41, 5.74) is 4.02. The van der Waals surface area contributed by atoms with Crippen molar-refractivity contribution in [2.45, 2.75) is 26.4 Å². The molecule has 2 N–H and O–H groups in total. The van der Waals surface area contributed by atoms with Crippen LogP contribution in [-0.2, 0) is 13.1 Å². The van der Waals surface area contributed by atoms with E-state index in [-0.39, 0.29) is 0 Å². The first-order valence-electron chi connectivity index (χ1n) is 10.1. The molecule has 0 saturated heterocycles. The van der Waals surface area contributed by atoms with Crippen LogP contribution in [0.2, 0.25) is 0 Å². The van der Waals surface area contributed by atoms with E-state index in [9.17, 15) is 0 Å². The van der Waals surface area contributed by atoms with E-state index in [1.807, 2.05) is 36.4 Å². The lowest BCUT2D eigenvalue weighted by molar-refractivity contribution is 0.572. The summed E-state index contributed by atoms with van der Waals surface area (Å²) in [6.45, 7) is 4.30. The monoisotopic (exact) mass is 402 g/mol. The Morgan fingerprint density at radius 2 is 1.83 bits per heavy atom. The quantitative estimate of drug-likeness (QED) is 0.280. The molecule has 0 saturated carbocycles. The van der Waals surface area contributed by atoms with Crippen LogP contribution in [0.3, 0.4) is 0 Å². The van der Waals surface area contributed by atoms with Gasteiger partial charge in [0.1, 0.15) is 12.1 Å². The Morgan fingerprint density at radius 3 is 2.67 bits per heavy atom. The van der Waals surface area contributed by atoms with Crippen molar-refractivity contribution < 1.29 is 4.42 Å². The molecule has 0 bridgehead atoms. The Morgan fingerprint density at radius 1 is 1.03 bits per heavy atom. The molecular weight excluding hydrogens is 376 g/mol. The number of aliphatic imine (C=N–C) groups is 1. The Balaban J connectivity index is 1.25. The second-order valence-electron chi connectivity index (χ2n) is 7.02. The molecule has 0 aliphatic carbocycles. The van der Waals surface area contributed by atoms with Gasteiger partial charge in [-0.1, -0.05) is 30.3 Å². The number of fused-ring (bicyclic) bond motifs is 1. The summed E-state index contributed by atoms with van der Waals surface area (Å²) in [6.07, 6.45) is 2.64. The summed E-state index contributed by atoms with van der Waals surface area (Å²) in [5.74, 6) is 2.41. The molecule has 2 aromatic heterocycles. The van der Waals surface area contributed by atoms with E-state index in [2.05, 4.69) is 55.3 Å². The maximum absolute atomic E-state index is 5.58. The minimum atomic E-state index is 0.543. The van der Waals surface area contributed by atoms with Crippen LogP contribution in [0.15, 0.2) is 70.3 Å². The molecule has 4 rings (SSSR count). The fourth-order valence-electron chi connectivity index (χ4n) is 3.42. The molecule has 0 aliphatic heterocycles. The highest BCUT2D eigenvalue weighted by Crippen LogP contribution is 2.18. The van der Waals surface area contributed by atoms with Crippen LogP contribution in [0.5, 0.6) is 0 Å². The molecule has 4 aromatic rings. The Hall–Kier alpha value is -3.61. The topological polar surface area (TPSA) is 80.3 Å². The lowest BCUT2D eigenvalue weighted by Crippen LogP contribution is -2.37. The highest BCUT2D eigenvalue weighted by Gasteiger charge is 2.08. The van der Waals surface area contributed by atoms with Crippen molar-refractivity contribution >= 4 is 17.0 Å². The predicted octanol–water partition coefficient (Wildman–Crippen LogP) is 3.76. The fraction of sp³-hybridized carbons (Fsp3) is 0.261. The number of imidazole rings is 1. The van der Waals surface area contributed by atoms with Gasteiger partial charge in [0.2, 0.25) is 5.89 Å². The number of guanidine groups is 1. The van der Waals surface area contributed by atoms with Crippen LogP contribution >= 0.6 is 0 Å². The van der Waals surface area contributed by atoms with E-state index >= 15 is 0 Å². The Kier molecular flexibility index (Phi) is 6.08. The molecule has 0 unspecified atom stereocenters. The van der Waals surface area contributed by atoms with Crippen LogP contribution in [0, 0.1) is 6.92 Å². The van der Waals surface area contributed by atoms with Crippen LogP contribution in [-0.4, -0.2) is 34.1 Å². The first kappa shape index (κ1) is 19.7. The molecule has 2 aromatic carbocycles. The summed E-state index contributed by atoms with van der Waals surface area (Å²) in [5, 5.41) is 6.64. The zero-order chi connectivity index (χ0) is 20.8.